The molecule has 2 aromatic heterocycles. The van der Waals surface area contributed by atoms with Crippen LogP contribution in [0.15, 0.2) is 188 Å². The molecule has 0 aliphatic rings. The second-order valence-corrected chi connectivity index (χ2v) is 14.3. The van der Waals surface area contributed by atoms with Crippen molar-refractivity contribution in [2.45, 2.75) is 0 Å². The van der Waals surface area contributed by atoms with Gasteiger partial charge in [-0.25, -0.2) is 15.0 Å². The van der Waals surface area contributed by atoms with E-state index in [4.69, 9.17) is 15.0 Å². The number of rotatable bonds is 6. The van der Waals surface area contributed by atoms with Crippen LogP contribution in [0.5, 0.6) is 0 Å². The molecule has 248 valence electrons. The Morgan fingerprint density at radius 1 is 0.302 bits per heavy atom. The molecule has 0 radical (unpaired) electrons. The summed E-state index contributed by atoms with van der Waals surface area (Å²) in [5.41, 5.74) is 9.85. The number of benzene rings is 8. The zero-order valence-corrected chi connectivity index (χ0v) is 29.5. The van der Waals surface area contributed by atoms with Crippen molar-refractivity contribution in [2.24, 2.45) is 0 Å². The summed E-state index contributed by atoms with van der Waals surface area (Å²) in [6, 6.07) is 66.4. The summed E-state index contributed by atoms with van der Waals surface area (Å²) in [4.78, 5) is 15.6. The van der Waals surface area contributed by atoms with Crippen molar-refractivity contribution >= 4 is 42.3 Å². The van der Waals surface area contributed by atoms with E-state index >= 15 is 0 Å². The molecule has 0 N–H and O–H groups in total. The molecule has 10 aromatic rings. The molecule has 0 saturated carbocycles. The van der Waals surface area contributed by atoms with Crippen molar-refractivity contribution in [3.05, 3.63) is 188 Å². The van der Waals surface area contributed by atoms with Gasteiger partial charge in [-0.15, -0.1) is 11.3 Å². The van der Waals surface area contributed by atoms with E-state index in [1.54, 1.807) is 11.3 Å². The van der Waals surface area contributed by atoms with Gasteiger partial charge >= 0.3 is 0 Å². The Hall–Kier alpha value is -6.75. The lowest BCUT2D eigenvalue weighted by atomic mass is 9.98. The molecule has 10 rings (SSSR count). The van der Waals surface area contributed by atoms with Crippen molar-refractivity contribution in [3.8, 4) is 67.5 Å². The van der Waals surface area contributed by atoms with E-state index in [1.807, 2.05) is 12.1 Å². The van der Waals surface area contributed by atoms with E-state index in [0.29, 0.717) is 17.5 Å². The van der Waals surface area contributed by atoms with Crippen LogP contribution in [0.4, 0.5) is 0 Å². The molecular weight excluding hydrogens is 663 g/mol. The largest absolute Gasteiger partial charge is 0.208 e. The van der Waals surface area contributed by atoms with Crippen LogP contribution in [0.2, 0.25) is 0 Å². The van der Waals surface area contributed by atoms with E-state index in [0.717, 1.165) is 38.8 Å². The minimum absolute atomic E-state index is 0.642. The summed E-state index contributed by atoms with van der Waals surface area (Å²) in [6.45, 7) is 0. The topological polar surface area (TPSA) is 38.7 Å². The highest BCUT2D eigenvalue weighted by Crippen LogP contribution is 2.42. The van der Waals surface area contributed by atoms with Gasteiger partial charge < -0.3 is 0 Å². The van der Waals surface area contributed by atoms with Crippen molar-refractivity contribution in [1.29, 1.82) is 0 Å². The Balaban J connectivity index is 1.15. The summed E-state index contributed by atoms with van der Waals surface area (Å²) in [5, 5.41) is 4.84. The Labute approximate surface area is 311 Å². The van der Waals surface area contributed by atoms with Gasteiger partial charge in [0.25, 0.3) is 0 Å². The molecule has 0 bridgehead atoms. The highest BCUT2D eigenvalue weighted by atomic mass is 32.1. The van der Waals surface area contributed by atoms with Gasteiger partial charge in [0, 0.05) is 36.9 Å². The maximum absolute atomic E-state index is 5.23. The third-order valence-electron chi connectivity index (χ3n) is 9.93. The maximum Gasteiger partial charge on any atom is 0.164 e. The fourth-order valence-electron chi connectivity index (χ4n) is 7.23. The van der Waals surface area contributed by atoms with E-state index in [-0.39, 0.29) is 0 Å². The van der Waals surface area contributed by atoms with Crippen molar-refractivity contribution in [2.75, 3.05) is 0 Å². The van der Waals surface area contributed by atoms with Crippen molar-refractivity contribution < 1.29 is 0 Å². The van der Waals surface area contributed by atoms with Crippen LogP contribution in [0.25, 0.3) is 98.5 Å². The smallest absolute Gasteiger partial charge is 0.164 e. The van der Waals surface area contributed by atoms with Gasteiger partial charge in [-0.2, -0.15) is 0 Å². The molecule has 0 unspecified atom stereocenters. The van der Waals surface area contributed by atoms with Gasteiger partial charge in [0.2, 0.25) is 0 Å². The number of fused-ring (bicyclic) bond motifs is 4. The van der Waals surface area contributed by atoms with Gasteiger partial charge in [-0.05, 0) is 74.5 Å². The maximum atomic E-state index is 5.23. The number of hydrogen-bond donors (Lipinski definition) is 0. The SMILES string of the molecule is c1ccc(-c2ccc(-c3nc(-c4cccc(-c5ccccc5)c4)nc(-c4cccc5sc6ccc(-c7ccc8ccccc8c7)cc6c45)n3)cc2)cc1. The molecule has 0 aliphatic carbocycles. The third kappa shape index (κ3) is 5.85. The first-order valence-corrected chi connectivity index (χ1v) is 18.6. The van der Waals surface area contributed by atoms with E-state index in [2.05, 4.69) is 176 Å². The number of nitrogens with zero attached hydrogens (tertiary/aromatic N) is 3. The van der Waals surface area contributed by atoms with Gasteiger partial charge in [0.05, 0.1) is 0 Å². The average molecular weight is 694 g/mol. The number of thiophene rings is 1. The van der Waals surface area contributed by atoms with Gasteiger partial charge in [0.1, 0.15) is 0 Å². The quantitative estimate of drug-likeness (QED) is 0.174. The fourth-order valence-corrected chi connectivity index (χ4v) is 8.34. The third-order valence-corrected chi connectivity index (χ3v) is 11.1. The van der Waals surface area contributed by atoms with Crippen LogP contribution in [-0.2, 0) is 0 Å². The molecule has 0 fully saturated rings. The summed E-state index contributed by atoms with van der Waals surface area (Å²) >= 11 is 1.81. The standard InChI is InChI=1S/C49H31N3S/c1-3-11-32(12-4-1)35-21-24-36(25-22-35)47-50-48(41-18-9-17-38(30-41)33-13-5-2-6-14-33)52-49(51-47)42-19-10-20-45-46(42)43-31-40(27-28-44(43)53-45)39-26-23-34-15-7-8-16-37(34)29-39/h1-31H. The minimum atomic E-state index is 0.642. The molecule has 0 saturated heterocycles. The molecule has 0 amide bonds. The first kappa shape index (κ1) is 31.0. The van der Waals surface area contributed by atoms with Gasteiger partial charge in [-0.3, -0.25) is 0 Å². The highest BCUT2D eigenvalue weighted by Gasteiger charge is 2.18. The van der Waals surface area contributed by atoms with Crippen LogP contribution >= 0.6 is 11.3 Å². The molecule has 0 aliphatic heterocycles. The van der Waals surface area contributed by atoms with Crippen LogP contribution in [0, 0.1) is 0 Å². The number of aromatic nitrogens is 3. The lowest BCUT2D eigenvalue weighted by molar-refractivity contribution is 1.08. The molecule has 3 nitrogen and oxygen atoms in total. The lowest BCUT2D eigenvalue weighted by Gasteiger charge is -2.11. The predicted molar refractivity (Wildman–Crippen MR) is 223 cm³/mol. The van der Waals surface area contributed by atoms with Gasteiger partial charge in [-0.1, -0.05) is 158 Å². The Morgan fingerprint density at radius 2 is 0.830 bits per heavy atom. The summed E-state index contributed by atoms with van der Waals surface area (Å²) in [5.74, 6) is 1.94. The normalized spacial score (nSPS) is 11.4. The van der Waals surface area contributed by atoms with Gasteiger partial charge in [0.15, 0.2) is 17.5 Å². The Bertz CT molecular complexity index is 2930. The fraction of sp³-hybridized carbons (Fsp3) is 0. The summed E-state index contributed by atoms with van der Waals surface area (Å²) < 4.78 is 2.44. The van der Waals surface area contributed by atoms with E-state index < -0.39 is 0 Å². The van der Waals surface area contributed by atoms with Crippen molar-refractivity contribution in [3.63, 3.8) is 0 Å². The Kier molecular flexibility index (Phi) is 7.67. The zero-order chi connectivity index (χ0) is 35.1. The monoisotopic (exact) mass is 693 g/mol. The predicted octanol–water partition coefficient (Wildman–Crippen LogP) is 13.4. The van der Waals surface area contributed by atoms with Crippen molar-refractivity contribution in [1.82, 2.24) is 15.0 Å². The molecule has 0 spiro atoms. The van der Waals surface area contributed by atoms with E-state index in [9.17, 15) is 0 Å². The second-order valence-electron chi connectivity index (χ2n) is 13.3. The highest BCUT2D eigenvalue weighted by molar-refractivity contribution is 7.26. The van der Waals surface area contributed by atoms with Crippen LogP contribution in [-0.4, -0.2) is 15.0 Å². The molecule has 0 atom stereocenters. The molecule has 2 heterocycles. The molecule has 53 heavy (non-hydrogen) atoms. The first-order valence-electron chi connectivity index (χ1n) is 17.8. The zero-order valence-electron chi connectivity index (χ0n) is 28.6. The minimum Gasteiger partial charge on any atom is -0.208 e. The summed E-state index contributed by atoms with van der Waals surface area (Å²) in [7, 11) is 0. The van der Waals surface area contributed by atoms with E-state index in [1.165, 1.54) is 42.2 Å². The average Bonchev–Trinajstić information content (AvgIpc) is 3.62. The molecule has 8 aromatic carbocycles. The lowest BCUT2D eigenvalue weighted by Crippen LogP contribution is -2.00. The Morgan fingerprint density at radius 3 is 1.62 bits per heavy atom. The number of hydrogen-bond acceptors (Lipinski definition) is 4. The van der Waals surface area contributed by atoms with Crippen LogP contribution in [0.1, 0.15) is 0 Å². The van der Waals surface area contributed by atoms with Crippen LogP contribution in [0.3, 0.4) is 0 Å². The molecular formula is C49H31N3S. The van der Waals surface area contributed by atoms with Crippen LogP contribution < -0.4 is 0 Å². The molecule has 4 heteroatoms. The first-order chi connectivity index (χ1) is 26.2. The summed E-state index contributed by atoms with van der Waals surface area (Å²) in [6.07, 6.45) is 0. The second kappa shape index (κ2) is 13.1.